The van der Waals surface area contributed by atoms with Gasteiger partial charge in [0.15, 0.2) is 0 Å². The van der Waals surface area contributed by atoms with E-state index in [0.717, 1.165) is 18.9 Å². The van der Waals surface area contributed by atoms with Crippen LogP contribution in [0.4, 0.5) is 8.78 Å². The molecular formula is C12H16F2. The highest BCUT2D eigenvalue weighted by molar-refractivity contribution is 5.27. The Morgan fingerprint density at radius 1 is 0.857 bits per heavy atom. The van der Waals surface area contributed by atoms with Crippen molar-refractivity contribution in [3.05, 3.63) is 34.9 Å². The topological polar surface area (TPSA) is 0 Å². The SMILES string of the molecule is CCCc1cc(CCC)c(F)cc1F. The molecule has 0 amide bonds. The van der Waals surface area contributed by atoms with Gasteiger partial charge in [-0.1, -0.05) is 26.7 Å². The summed E-state index contributed by atoms with van der Waals surface area (Å²) in [6.45, 7) is 3.98. The minimum Gasteiger partial charge on any atom is -0.207 e. The number of benzene rings is 1. The van der Waals surface area contributed by atoms with Gasteiger partial charge in [0, 0.05) is 6.07 Å². The van der Waals surface area contributed by atoms with Gasteiger partial charge in [-0.3, -0.25) is 0 Å². The van der Waals surface area contributed by atoms with E-state index in [4.69, 9.17) is 0 Å². The van der Waals surface area contributed by atoms with Gasteiger partial charge in [-0.25, -0.2) is 8.78 Å². The predicted molar refractivity (Wildman–Crippen MR) is 54.3 cm³/mol. The van der Waals surface area contributed by atoms with Gasteiger partial charge < -0.3 is 0 Å². The fourth-order valence-corrected chi connectivity index (χ4v) is 1.57. The summed E-state index contributed by atoms with van der Waals surface area (Å²) in [6.07, 6.45) is 3.13. The molecule has 0 aromatic heterocycles. The first-order chi connectivity index (χ1) is 6.69. The van der Waals surface area contributed by atoms with E-state index in [2.05, 4.69) is 0 Å². The number of halogens is 2. The van der Waals surface area contributed by atoms with Crippen LogP contribution in [0.15, 0.2) is 12.1 Å². The van der Waals surface area contributed by atoms with E-state index in [1.54, 1.807) is 6.07 Å². The number of aryl methyl sites for hydroxylation is 2. The summed E-state index contributed by atoms with van der Waals surface area (Å²) < 4.78 is 26.4. The Morgan fingerprint density at radius 3 is 1.64 bits per heavy atom. The molecule has 1 aromatic rings. The molecule has 0 bridgehead atoms. The Bertz CT molecular complexity index is 278. The van der Waals surface area contributed by atoms with Crippen LogP contribution in [0, 0.1) is 11.6 Å². The lowest BCUT2D eigenvalue weighted by molar-refractivity contribution is 0.559. The van der Waals surface area contributed by atoms with Crippen LogP contribution < -0.4 is 0 Å². The molecule has 1 rings (SSSR count). The molecule has 2 heteroatoms. The largest absolute Gasteiger partial charge is 0.207 e. The lowest BCUT2D eigenvalue weighted by Gasteiger charge is -2.06. The van der Waals surface area contributed by atoms with Crippen molar-refractivity contribution in [2.75, 3.05) is 0 Å². The molecule has 0 spiro atoms. The van der Waals surface area contributed by atoms with Crippen molar-refractivity contribution in [2.24, 2.45) is 0 Å². The molecule has 0 aliphatic carbocycles. The molecular weight excluding hydrogens is 182 g/mol. The molecule has 0 N–H and O–H groups in total. The predicted octanol–water partition coefficient (Wildman–Crippen LogP) is 3.87. The van der Waals surface area contributed by atoms with Gasteiger partial charge in [-0.15, -0.1) is 0 Å². The summed E-state index contributed by atoms with van der Waals surface area (Å²) in [4.78, 5) is 0. The zero-order valence-electron chi connectivity index (χ0n) is 8.74. The van der Waals surface area contributed by atoms with Crippen LogP contribution in [0.2, 0.25) is 0 Å². The Labute approximate surface area is 84.0 Å². The number of hydrogen-bond acceptors (Lipinski definition) is 0. The van der Waals surface area contributed by atoms with Crippen molar-refractivity contribution in [3.8, 4) is 0 Å². The standard InChI is InChI=1S/C12H16F2/c1-3-5-9-7-10(6-4-2)12(14)8-11(9)13/h7-8H,3-6H2,1-2H3. The monoisotopic (exact) mass is 198 g/mol. The van der Waals surface area contributed by atoms with Gasteiger partial charge in [0.05, 0.1) is 0 Å². The molecule has 1 aromatic carbocycles. The maximum Gasteiger partial charge on any atom is 0.129 e. The zero-order valence-corrected chi connectivity index (χ0v) is 8.74. The van der Waals surface area contributed by atoms with Crippen molar-refractivity contribution in [3.63, 3.8) is 0 Å². The average Bonchev–Trinajstić information content (AvgIpc) is 2.14. The van der Waals surface area contributed by atoms with Crippen molar-refractivity contribution in [1.82, 2.24) is 0 Å². The lowest BCUT2D eigenvalue weighted by Crippen LogP contribution is -1.97. The van der Waals surface area contributed by atoms with Crippen LogP contribution in [0.3, 0.4) is 0 Å². The second-order valence-corrected chi connectivity index (χ2v) is 3.54. The summed E-state index contributed by atoms with van der Waals surface area (Å²) in [5, 5.41) is 0. The van der Waals surface area contributed by atoms with E-state index in [-0.39, 0.29) is 0 Å². The second-order valence-electron chi connectivity index (χ2n) is 3.54. The first-order valence-corrected chi connectivity index (χ1v) is 5.15. The fraction of sp³-hybridized carbons (Fsp3) is 0.500. The van der Waals surface area contributed by atoms with Gasteiger partial charge in [0.25, 0.3) is 0 Å². The van der Waals surface area contributed by atoms with Crippen molar-refractivity contribution < 1.29 is 8.78 Å². The van der Waals surface area contributed by atoms with Crippen molar-refractivity contribution in [2.45, 2.75) is 39.5 Å². The van der Waals surface area contributed by atoms with Gasteiger partial charge in [0.1, 0.15) is 11.6 Å². The Balaban J connectivity index is 3.00. The van der Waals surface area contributed by atoms with Gasteiger partial charge in [-0.05, 0) is 30.0 Å². The van der Waals surface area contributed by atoms with Crippen LogP contribution >= 0.6 is 0 Å². The molecule has 78 valence electrons. The Kier molecular flexibility index (Phi) is 4.05. The smallest absolute Gasteiger partial charge is 0.129 e. The molecule has 0 fully saturated rings. The highest BCUT2D eigenvalue weighted by Gasteiger charge is 2.08. The van der Waals surface area contributed by atoms with Crippen LogP contribution in [0.1, 0.15) is 37.8 Å². The molecule has 0 heterocycles. The zero-order chi connectivity index (χ0) is 10.6. The van der Waals surface area contributed by atoms with E-state index in [9.17, 15) is 8.78 Å². The van der Waals surface area contributed by atoms with E-state index in [1.165, 1.54) is 0 Å². The quantitative estimate of drug-likeness (QED) is 0.689. The van der Waals surface area contributed by atoms with Gasteiger partial charge >= 0.3 is 0 Å². The van der Waals surface area contributed by atoms with E-state index < -0.39 is 11.6 Å². The first-order valence-electron chi connectivity index (χ1n) is 5.15. The van der Waals surface area contributed by atoms with Gasteiger partial charge in [0.2, 0.25) is 0 Å². The number of hydrogen-bond donors (Lipinski definition) is 0. The Morgan fingerprint density at radius 2 is 1.29 bits per heavy atom. The lowest BCUT2D eigenvalue weighted by atomic mass is 10.0. The Hall–Kier alpha value is -0.920. The summed E-state index contributed by atoms with van der Waals surface area (Å²) >= 11 is 0. The third-order valence-electron chi connectivity index (χ3n) is 2.25. The van der Waals surface area contributed by atoms with E-state index in [0.29, 0.717) is 24.0 Å². The molecule has 0 nitrogen and oxygen atoms in total. The van der Waals surface area contributed by atoms with Crippen LogP contribution in [0.5, 0.6) is 0 Å². The molecule has 14 heavy (non-hydrogen) atoms. The summed E-state index contributed by atoms with van der Waals surface area (Å²) in [7, 11) is 0. The van der Waals surface area contributed by atoms with E-state index >= 15 is 0 Å². The van der Waals surface area contributed by atoms with Crippen LogP contribution in [0.25, 0.3) is 0 Å². The van der Waals surface area contributed by atoms with Crippen molar-refractivity contribution in [1.29, 1.82) is 0 Å². The van der Waals surface area contributed by atoms with Crippen molar-refractivity contribution >= 4 is 0 Å². The first kappa shape index (κ1) is 11.2. The molecule has 0 atom stereocenters. The molecule has 0 saturated heterocycles. The fourth-order valence-electron chi connectivity index (χ4n) is 1.57. The molecule has 0 unspecified atom stereocenters. The summed E-state index contributed by atoms with van der Waals surface area (Å²) in [6, 6.07) is 2.67. The van der Waals surface area contributed by atoms with Crippen LogP contribution in [-0.2, 0) is 12.8 Å². The minimum atomic E-state index is -0.413. The maximum absolute atomic E-state index is 13.2. The normalized spacial score (nSPS) is 10.6. The third-order valence-corrected chi connectivity index (χ3v) is 2.25. The highest BCUT2D eigenvalue weighted by Crippen LogP contribution is 2.17. The molecule has 0 aliphatic rings. The van der Waals surface area contributed by atoms with Gasteiger partial charge in [-0.2, -0.15) is 0 Å². The molecule has 0 radical (unpaired) electrons. The molecule has 0 aliphatic heterocycles. The molecule has 0 saturated carbocycles. The second kappa shape index (κ2) is 5.08. The van der Waals surface area contributed by atoms with E-state index in [1.807, 2.05) is 13.8 Å². The highest BCUT2D eigenvalue weighted by atomic mass is 19.1. The number of rotatable bonds is 4. The van der Waals surface area contributed by atoms with Crippen LogP contribution in [-0.4, -0.2) is 0 Å². The summed E-state index contributed by atoms with van der Waals surface area (Å²) in [5.74, 6) is -0.826. The summed E-state index contributed by atoms with van der Waals surface area (Å²) in [5.41, 5.74) is 1.27. The average molecular weight is 198 g/mol. The minimum absolute atomic E-state index is 0.413. The maximum atomic E-state index is 13.2. The third kappa shape index (κ3) is 2.53.